The molecule has 2 heterocycles. The summed E-state index contributed by atoms with van der Waals surface area (Å²) >= 11 is 0. The number of piperidine rings is 1. The predicted octanol–water partition coefficient (Wildman–Crippen LogP) is 0.891. The Balaban J connectivity index is 2.03. The largest absolute Gasteiger partial charge is 0.346 e. The second-order valence-corrected chi connectivity index (χ2v) is 4.34. The van der Waals surface area contributed by atoms with Gasteiger partial charge in [-0.25, -0.2) is 0 Å². The van der Waals surface area contributed by atoms with Crippen molar-refractivity contribution in [3.05, 3.63) is 0 Å². The fourth-order valence-corrected chi connectivity index (χ4v) is 1.93. The lowest BCUT2D eigenvalue weighted by molar-refractivity contribution is -0.190. The van der Waals surface area contributed by atoms with Crippen LogP contribution in [0.25, 0.3) is 0 Å². The predicted molar refractivity (Wildman–Crippen MR) is 46.0 cm³/mol. The van der Waals surface area contributed by atoms with Gasteiger partial charge < -0.3 is 14.8 Å². The van der Waals surface area contributed by atoms with Crippen LogP contribution in [0.5, 0.6) is 0 Å². The zero-order chi connectivity index (χ0) is 8.66. The van der Waals surface area contributed by atoms with Gasteiger partial charge in [0.1, 0.15) is 0 Å². The molecule has 0 aromatic carbocycles. The van der Waals surface area contributed by atoms with Crippen molar-refractivity contribution in [3.63, 3.8) is 0 Å². The molecular formula is C9H17NO2. The molecule has 0 aliphatic carbocycles. The van der Waals surface area contributed by atoms with Gasteiger partial charge in [0.15, 0.2) is 5.79 Å². The van der Waals surface area contributed by atoms with E-state index in [4.69, 9.17) is 9.47 Å². The highest BCUT2D eigenvalue weighted by molar-refractivity contribution is 4.88. The Morgan fingerprint density at radius 2 is 2.17 bits per heavy atom. The van der Waals surface area contributed by atoms with Crippen LogP contribution >= 0.6 is 0 Å². The Bertz CT molecular complexity index is 173. The van der Waals surface area contributed by atoms with Gasteiger partial charge in [-0.05, 0) is 26.8 Å². The van der Waals surface area contributed by atoms with Gasteiger partial charge in [-0.2, -0.15) is 0 Å². The highest BCUT2D eigenvalue weighted by Gasteiger charge is 2.45. The first-order valence-corrected chi connectivity index (χ1v) is 4.67. The lowest BCUT2D eigenvalue weighted by Crippen LogP contribution is -2.47. The van der Waals surface area contributed by atoms with Crippen molar-refractivity contribution < 1.29 is 9.47 Å². The molecule has 0 aromatic rings. The van der Waals surface area contributed by atoms with E-state index in [1.165, 1.54) is 0 Å². The van der Waals surface area contributed by atoms with Crippen LogP contribution < -0.4 is 5.32 Å². The van der Waals surface area contributed by atoms with E-state index in [2.05, 4.69) is 19.2 Å². The molecule has 0 radical (unpaired) electrons. The van der Waals surface area contributed by atoms with Crippen LogP contribution in [0.3, 0.4) is 0 Å². The Morgan fingerprint density at radius 3 is 2.67 bits per heavy atom. The summed E-state index contributed by atoms with van der Waals surface area (Å²) < 4.78 is 11.6. The molecule has 2 fully saturated rings. The van der Waals surface area contributed by atoms with Crippen LogP contribution in [-0.2, 0) is 9.47 Å². The summed E-state index contributed by atoms with van der Waals surface area (Å²) in [7, 11) is 0. The molecule has 70 valence electrons. The Hall–Kier alpha value is -0.120. The van der Waals surface area contributed by atoms with Crippen LogP contribution in [0.2, 0.25) is 0 Å². The summed E-state index contributed by atoms with van der Waals surface area (Å²) in [6, 6.07) is 0. The minimum absolute atomic E-state index is 0.0982. The van der Waals surface area contributed by atoms with E-state index in [1.54, 1.807) is 0 Å². The average Bonchev–Trinajstić information content (AvgIpc) is 2.29. The summed E-state index contributed by atoms with van der Waals surface area (Å²) in [4.78, 5) is 0. The van der Waals surface area contributed by atoms with E-state index in [9.17, 15) is 0 Å². The summed E-state index contributed by atoms with van der Waals surface area (Å²) in [5, 5.41) is 3.31. The lowest BCUT2D eigenvalue weighted by atomic mass is 10.1. The zero-order valence-corrected chi connectivity index (χ0v) is 7.85. The van der Waals surface area contributed by atoms with Gasteiger partial charge in [-0.3, -0.25) is 0 Å². The monoisotopic (exact) mass is 171 g/mol. The molecular weight excluding hydrogens is 154 g/mol. The second-order valence-electron chi connectivity index (χ2n) is 4.34. The molecule has 12 heavy (non-hydrogen) atoms. The van der Waals surface area contributed by atoms with Crippen LogP contribution in [0, 0.1) is 0 Å². The van der Waals surface area contributed by atoms with E-state index in [0.29, 0.717) is 6.61 Å². The van der Waals surface area contributed by atoms with Gasteiger partial charge in [-0.1, -0.05) is 0 Å². The van der Waals surface area contributed by atoms with Crippen molar-refractivity contribution >= 4 is 0 Å². The van der Waals surface area contributed by atoms with Crippen molar-refractivity contribution in [2.75, 3.05) is 19.7 Å². The van der Waals surface area contributed by atoms with Crippen LogP contribution in [0.15, 0.2) is 0 Å². The molecule has 1 N–H and O–H groups in total. The minimum atomic E-state index is -0.304. The Labute approximate surface area is 73.4 Å². The maximum Gasteiger partial charge on any atom is 0.181 e. The molecule has 3 nitrogen and oxygen atoms in total. The highest BCUT2D eigenvalue weighted by Crippen LogP contribution is 2.35. The van der Waals surface area contributed by atoms with Crippen molar-refractivity contribution in [2.24, 2.45) is 0 Å². The van der Waals surface area contributed by atoms with Crippen LogP contribution in [0.4, 0.5) is 0 Å². The normalized spacial score (nSPS) is 40.5. The number of hydrogen-bond donors (Lipinski definition) is 1. The third-order valence-electron chi connectivity index (χ3n) is 2.45. The van der Waals surface area contributed by atoms with E-state index < -0.39 is 0 Å². The quantitative estimate of drug-likeness (QED) is 0.587. The Kier molecular flexibility index (Phi) is 1.90. The molecule has 1 atom stereocenters. The van der Waals surface area contributed by atoms with Gasteiger partial charge in [-0.15, -0.1) is 0 Å². The highest BCUT2D eigenvalue weighted by atomic mass is 16.8. The van der Waals surface area contributed by atoms with Gasteiger partial charge >= 0.3 is 0 Å². The summed E-state index contributed by atoms with van der Waals surface area (Å²) in [6.45, 7) is 6.81. The molecule has 1 unspecified atom stereocenters. The van der Waals surface area contributed by atoms with Gasteiger partial charge in [0.2, 0.25) is 0 Å². The Morgan fingerprint density at radius 1 is 1.33 bits per heavy atom. The first-order valence-electron chi connectivity index (χ1n) is 4.67. The number of nitrogens with one attached hydrogen (secondary N) is 1. The van der Waals surface area contributed by atoms with Gasteiger partial charge in [0.05, 0.1) is 12.2 Å². The molecule has 0 bridgehead atoms. The van der Waals surface area contributed by atoms with Gasteiger partial charge in [0.25, 0.3) is 0 Å². The molecule has 0 saturated carbocycles. The van der Waals surface area contributed by atoms with Crippen LogP contribution in [0.1, 0.15) is 26.7 Å². The molecule has 2 rings (SSSR count). The molecule has 1 spiro atoms. The first kappa shape index (κ1) is 8.48. The van der Waals surface area contributed by atoms with Crippen molar-refractivity contribution in [1.29, 1.82) is 0 Å². The smallest absolute Gasteiger partial charge is 0.181 e. The molecule has 3 heteroatoms. The second kappa shape index (κ2) is 2.69. The number of rotatable bonds is 0. The van der Waals surface area contributed by atoms with Crippen molar-refractivity contribution in [3.8, 4) is 0 Å². The average molecular weight is 171 g/mol. The molecule has 0 amide bonds. The van der Waals surface area contributed by atoms with Crippen molar-refractivity contribution in [1.82, 2.24) is 5.32 Å². The zero-order valence-electron chi connectivity index (χ0n) is 7.85. The molecule has 2 aliphatic rings. The first-order chi connectivity index (χ1) is 5.62. The van der Waals surface area contributed by atoms with Crippen molar-refractivity contribution in [2.45, 2.75) is 38.1 Å². The summed E-state index contributed by atoms with van der Waals surface area (Å²) in [6.07, 6.45) is 2.18. The van der Waals surface area contributed by atoms with E-state index in [0.717, 1.165) is 25.9 Å². The molecule has 0 aromatic heterocycles. The summed E-state index contributed by atoms with van der Waals surface area (Å²) in [5.41, 5.74) is -0.0982. The number of ether oxygens (including phenoxy) is 2. The summed E-state index contributed by atoms with van der Waals surface area (Å²) in [5.74, 6) is -0.304. The van der Waals surface area contributed by atoms with Crippen LogP contribution in [-0.4, -0.2) is 31.1 Å². The fraction of sp³-hybridized carbons (Fsp3) is 1.00. The SMILES string of the molecule is CC1(C)COC2(CCCNC2)O1. The minimum Gasteiger partial charge on any atom is -0.346 e. The van der Waals surface area contributed by atoms with Gasteiger partial charge in [0, 0.05) is 13.0 Å². The van der Waals surface area contributed by atoms with E-state index in [-0.39, 0.29) is 11.4 Å². The molecule has 2 saturated heterocycles. The third kappa shape index (κ3) is 1.49. The third-order valence-corrected chi connectivity index (χ3v) is 2.45. The fourth-order valence-electron chi connectivity index (χ4n) is 1.93. The van der Waals surface area contributed by atoms with E-state index in [1.807, 2.05) is 0 Å². The topological polar surface area (TPSA) is 30.5 Å². The molecule has 2 aliphatic heterocycles. The standard InChI is InChI=1S/C9H17NO2/c1-8(2)7-11-9(12-8)4-3-5-10-6-9/h10H,3-7H2,1-2H3. The lowest BCUT2D eigenvalue weighted by Gasteiger charge is -2.33. The number of hydrogen-bond acceptors (Lipinski definition) is 3. The van der Waals surface area contributed by atoms with E-state index >= 15 is 0 Å². The maximum atomic E-state index is 5.89. The maximum absolute atomic E-state index is 5.89.